The average molecular weight is 217 g/mol. The molecule has 0 aliphatic heterocycles. The minimum absolute atomic E-state index is 0.262. The third-order valence-corrected chi connectivity index (χ3v) is 2.43. The fourth-order valence-corrected chi connectivity index (χ4v) is 1.70. The van der Waals surface area contributed by atoms with Crippen LogP contribution in [-0.4, -0.2) is 16.2 Å². The SMILES string of the molecule is Cc1noc(C)c1-c1cccc(C(=O)O)c1. The Labute approximate surface area is 92.5 Å². The van der Waals surface area contributed by atoms with Crippen molar-refractivity contribution in [2.45, 2.75) is 13.8 Å². The van der Waals surface area contributed by atoms with E-state index >= 15 is 0 Å². The van der Waals surface area contributed by atoms with Crippen molar-refractivity contribution in [1.82, 2.24) is 5.16 Å². The summed E-state index contributed by atoms with van der Waals surface area (Å²) in [6.07, 6.45) is 0. The van der Waals surface area contributed by atoms with E-state index in [0.29, 0.717) is 5.76 Å². The van der Waals surface area contributed by atoms with Gasteiger partial charge in [-0.25, -0.2) is 4.79 Å². The summed E-state index contributed by atoms with van der Waals surface area (Å²) in [5, 5.41) is 12.8. The second-order valence-corrected chi connectivity index (χ2v) is 3.59. The summed E-state index contributed by atoms with van der Waals surface area (Å²) in [6, 6.07) is 6.74. The van der Waals surface area contributed by atoms with Crippen molar-refractivity contribution >= 4 is 5.97 Å². The molecule has 1 aromatic carbocycles. The summed E-state index contributed by atoms with van der Waals surface area (Å²) >= 11 is 0. The molecule has 1 aromatic heterocycles. The summed E-state index contributed by atoms with van der Waals surface area (Å²) in [6.45, 7) is 3.64. The number of nitrogens with zero attached hydrogens (tertiary/aromatic N) is 1. The molecular formula is C12H11NO3. The number of carboxylic acids is 1. The molecule has 0 aliphatic carbocycles. The lowest BCUT2D eigenvalue weighted by atomic mass is 10.0. The van der Waals surface area contributed by atoms with E-state index < -0.39 is 5.97 Å². The van der Waals surface area contributed by atoms with Crippen LogP contribution in [0, 0.1) is 13.8 Å². The van der Waals surface area contributed by atoms with E-state index in [1.54, 1.807) is 18.2 Å². The molecule has 0 spiro atoms. The molecule has 0 fully saturated rings. The zero-order valence-corrected chi connectivity index (χ0v) is 9.02. The molecule has 1 heterocycles. The molecule has 0 bridgehead atoms. The summed E-state index contributed by atoms with van der Waals surface area (Å²) in [7, 11) is 0. The van der Waals surface area contributed by atoms with E-state index in [-0.39, 0.29) is 5.56 Å². The number of carboxylic acid groups (broad SMARTS) is 1. The van der Waals surface area contributed by atoms with Crippen molar-refractivity contribution in [3.05, 3.63) is 41.3 Å². The Hall–Kier alpha value is -2.10. The lowest BCUT2D eigenvalue weighted by molar-refractivity contribution is 0.0697. The quantitative estimate of drug-likeness (QED) is 0.839. The highest BCUT2D eigenvalue weighted by atomic mass is 16.5. The molecule has 4 nitrogen and oxygen atoms in total. The van der Waals surface area contributed by atoms with E-state index in [2.05, 4.69) is 5.16 Å². The van der Waals surface area contributed by atoms with Crippen LogP contribution in [0.3, 0.4) is 0 Å². The van der Waals surface area contributed by atoms with Gasteiger partial charge in [0, 0.05) is 5.56 Å². The molecule has 16 heavy (non-hydrogen) atoms. The second kappa shape index (κ2) is 3.81. The van der Waals surface area contributed by atoms with E-state index in [1.807, 2.05) is 19.9 Å². The van der Waals surface area contributed by atoms with Crippen LogP contribution in [0.4, 0.5) is 0 Å². The maximum Gasteiger partial charge on any atom is 0.335 e. The first-order valence-electron chi connectivity index (χ1n) is 4.86. The molecule has 2 aromatic rings. The van der Waals surface area contributed by atoms with Gasteiger partial charge in [-0.2, -0.15) is 0 Å². The maximum atomic E-state index is 10.9. The lowest BCUT2D eigenvalue weighted by Gasteiger charge is -2.01. The van der Waals surface area contributed by atoms with Crippen molar-refractivity contribution in [2.75, 3.05) is 0 Å². The van der Waals surface area contributed by atoms with E-state index in [4.69, 9.17) is 9.63 Å². The van der Waals surface area contributed by atoms with Gasteiger partial charge in [0.1, 0.15) is 5.76 Å². The van der Waals surface area contributed by atoms with Gasteiger partial charge in [0.15, 0.2) is 0 Å². The van der Waals surface area contributed by atoms with Crippen LogP contribution in [0.15, 0.2) is 28.8 Å². The molecule has 2 rings (SSSR count). The number of hydrogen-bond donors (Lipinski definition) is 1. The molecule has 0 unspecified atom stereocenters. The molecule has 0 aliphatic rings. The Balaban J connectivity index is 2.57. The zero-order valence-electron chi connectivity index (χ0n) is 9.02. The first-order chi connectivity index (χ1) is 7.59. The second-order valence-electron chi connectivity index (χ2n) is 3.59. The number of hydrogen-bond acceptors (Lipinski definition) is 3. The number of rotatable bonds is 2. The van der Waals surface area contributed by atoms with Crippen LogP contribution in [0.25, 0.3) is 11.1 Å². The Morgan fingerprint density at radius 3 is 2.69 bits per heavy atom. The molecule has 0 saturated heterocycles. The zero-order chi connectivity index (χ0) is 11.7. The van der Waals surface area contributed by atoms with Crippen molar-refractivity contribution in [3.63, 3.8) is 0 Å². The topological polar surface area (TPSA) is 63.3 Å². The van der Waals surface area contributed by atoms with Gasteiger partial charge in [-0.3, -0.25) is 0 Å². The van der Waals surface area contributed by atoms with E-state index in [1.165, 1.54) is 0 Å². The predicted molar refractivity (Wildman–Crippen MR) is 58.4 cm³/mol. The normalized spacial score (nSPS) is 10.4. The van der Waals surface area contributed by atoms with Crippen LogP contribution >= 0.6 is 0 Å². The van der Waals surface area contributed by atoms with Gasteiger partial charge in [0.2, 0.25) is 0 Å². The van der Waals surface area contributed by atoms with Crippen molar-refractivity contribution in [1.29, 1.82) is 0 Å². The molecule has 82 valence electrons. The summed E-state index contributed by atoms with van der Waals surface area (Å²) in [5.74, 6) is -0.242. The summed E-state index contributed by atoms with van der Waals surface area (Å²) in [5.41, 5.74) is 2.71. The minimum atomic E-state index is -0.936. The van der Waals surface area contributed by atoms with Crippen LogP contribution < -0.4 is 0 Å². The highest BCUT2D eigenvalue weighted by Gasteiger charge is 2.12. The van der Waals surface area contributed by atoms with Crippen molar-refractivity contribution in [2.24, 2.45) is 0 Å². The van der Waals surface area contributed by atoms with E-state index in [0.717, 1.165) is 16.8 Å². The maximum absolute atomic E-state index is 10.9. The highest BCUT2D eigenvalue weighted by Crippen LogP contribution is 2.27. The summed E-state index contributed by atoms with van der Waals surface area (Å²) < 4.78 is 5.05. The lowest BCUT2D eigenvalue weighted by Crippen LogP contribution is -1.96. The van der Waals surface area contributed by atoms with Gasteiger partial charge in [-0.15, -0.1) is 0 Å². The molecule has 1 N–H and O–H groups in total. The van der Waals surface area contributed by atoms with Crippen LogP contribution in [-0.2, 0) is 0 Å². The van der Waals surface area contributed by atoms with Crippen LogP contribution in [0.5, 0.6) is 0 Å². The molecule has 0 saturated carbocycles. The smallest absolute Gasteiger partial charge is 0.335 e. The van der Waals surface area contributed by atoms with Gasteiger partial charge in [-0.1, -0.05) is 17.3 Å². The predicted octanol–water partition coefficient (Wildman–Crippen LogP) is 2.66. The number of benzene rings is 1. The Kier molecular flexibility index (Phi) is 2.48. The monoisotopic (exact) mass is 217 g/mol. The molecular weight excluding hydrogens is 206 g/mol. The summed E-state index contributed by atoms with van der Waals surface area (Å²) in [4.78, 5) is 10.9. The molecule has 0 amide bonds. The Bertz CT molecular complexity index is 523. The van der Waals surface area contributed by atoms with Gasteiger partial charge >= 0.3 is 5.97 Å². The first-order valence-corrected chi connectivity index (χ1v) is 4.86. The molecule has 0 atom stereocenters. The van der Waals surface area contributed by atoms with Gasteiger partial charge in [0.25, 0.3) is 0 Å². The Morgan fingerprint density at radius 2 is 2.12 bits per heavy atom. The van der Waals surface area contributed by atoms with E-state index in [9.17, 15) is 4.79 Å². The van der Waals surface area contributed by atoms with Crippen molar-refractivity contribution in [3.8, 4) is 11.1 Å². The number of aromatic carboxylic acids is 1. The number of carbonyl (C=O) groups is 1. The standard InChI is InChI=1S/C12H11NO3/c1-7-11(8(2)16-13-7)9-4-3-5-10(6-9)12(14)15/h3-6H,1-2H3,(H,14,15). The minimum Gasteiger partial charge on any atom is -0.478 e. The number of aromatic nitrogens is 1. The van der Waals surface area contributed by atoms with Crippen molar-refractivity contribution < 1.29 is 14.4 Å². The largest absolute Gasteiger partial charge is 0.478 e. The van der Waals surface area contributed by atoms with Gasteiger partial charge in [-0.05, 0) is 31.5 Å². The van der Waals surface area contributed by atoms with Gasteiger partial charge < -0.3 is 9.63 Å². The molecule has 0 radical (unpaired) electrons. The fourth-order valence-electron chi connectivity index (χ4n) is 1.70. The third kappa shape index (κ3) is 1.69. The molecule has 4 heteroatoms. The average Bonchev–Trinajstić information content (AvgIpc) is 2.59. The highest BCUT2D eigenvalue weighted by molar-refractivity contribution is 5.89. The van der Waals surface area contributed by atoms with Gasteiger partial charge in [0.05, 0.1) is 11.3 Å². The Morgan fingerprint density at radius 1 is 1.38 bits per heavy atom. The third-order valence-electron chi connectivity index (χ3n) is 2.43. The van der Waals surface area contributed by atoms with Crippen LogP contribution in [0.2, 0.25) is 0 Å². The number of aryl methyl sites for hydroxylation is 2. The van der Waals surface area contributed by atoms with Crippen LogP contribution in [0.1, 0.15) is 21.8 Å². The first kappa shape index (κ1) is 10.4. The fraction of sp³-hybridized carbons (Fsp3) is 0.167.